The van der Waals surface area contributed by atoms with E-state index in [1.807, 2.05) is 68.4 Å². The molecule has 0 aliphatic rings. The van der Waals surface area contributed by atoms with E-state index >= 15 is 0 Å². The Hall–Kier alpha value is -2.83. The van der Waals surface area contributed by atoms with Gasteiger partial charge in [0.1, 0.15) is 11.5 Å². The maximum Gasteiger partial charge on any atom is 0.261 e. The molecule has 31 heavy (non-hydrogen) atoms. The predicted molar refractivity (Wildman–Crippen MR) is 127 cm³/mol. The third-order valence-electron chi connectivity index (χ3n) is 5.10. The zero-order valence-corrected chi connectivity index (χ0v) is 19.6. The molecule has 0 fully saturated rings. The summed E-state index contributed by atoms with van der Waals surface area (Å²) in [4.78, 5) is 0.224. The minimum Gasteiger partial charge on any atom is -0.465 e. The largest absolute Gasteiger partial charge is 0.465 e. The fourth-order valence-electron chi connectivity index (χ4n) is 3.52. The van der Waals surface area contributed by atoms with Crippen molar-refractivity contribution < 1.29 is 12.8 Å². The standard InChI is InChI=1S/C25H22BrNO3S/c1-17-7-14-21(15-8-17)31(28,29)27-23-6-4-3-5-22(23)25(24-16-9-18(2)30-24)19-10-12-20(26)13-11-19/h3-16,25,27H,1-2H3. The molecule has 0 spiro atoms. The average molecular weight is 496 g/mol. The van der Waals surface area contributed by atoms with Crippen LogP contribution in [0.4, 0.5) is 5.69 Å². The monoisotopic (exact) mass is 495 g/mol. The highest BCUT2D eigenvalue weighted by molar-refractivity contribution is 9.10. The van der Waals surface area contributed by atoms with Crippen molar-refractivity contribution in [3.8, 4) is 0 Å². The summed E-state index contributed by atoms with van der Waals surface area (Å²) in [6, 6.07) is 26.1. The number of benzene rings is 3. The van der Waals surface area contributed by atoms with E-state index in [4.69, 9.17) is 4.42 Å². The number of halogens is 1. The van der Waals surface area contributed by atoms with E-state index in [9.17, 15) is 8.42 Å². The van der Waals surface area contributed by atoms with Crippen molar-refractivity contribution in [3.63, 3.8) is 0 Å². The zero-order chi connectivity index (χ0) is 22.0. The van der Waals surface area contributed by atoms with Crippen molar-refractivity contribution in [1.82, 2.24) is 0 Å². The smallest absolute Gasteiger partial charge is 0.261 e. The van der Waals surface area contributed by atoms with Crippen molar-refractivity contribution in [1.29, 1.82) is 0 Å². The number of nitrogens with one attached hydrogen (secondary N) is 1. The second kappa shape index (κ2) is 8.73. The van der Waals surface area contributed by atoms with Gasteiger partial charge in [-0.05, 0) is 67.4 Å². The minimum atomic E-state index is -3.74. The van der Waals surface area contributed by atoms with Crippen molar-refractivity contribution >= 4 is 31.6 Å². The SMILES string of the molecule is Cc1ccc(S(=O)(=O)Nc2ccccc2C(c2ccc(Br)cc2)c2ccc(C)o2)cc1. The van der Waals surface area contributed by atoms with Crippen LogP contribution in [0.1, 0.15) is 34.1 Å². The van der Waals surface area contributed by atoms with Gasteiger partial charge in [0.2, 0.25) is 0 Å². The highest BCUT2D eigenvalue weighted by Gasteiger charge is 2.25. The quantitative estimate of drug-likeness (QED) is 0.326. The summed E-state index contributed by atoms with van der Waals surface area (Å²) in [5, 5.41) is 0. The lowest BCUT2D eigenvalue weighted by molar-refractivity contribution is 0.478. The normalized spacial score (nSPS) is 12.5. The van der Waals surface area contributed by atoms with Gasteiger partial charge in [-0.1, -0.05) is 64.0 Å². The van der Waals surface area contributed by atoms with Gasteiger partial charge in [0, 0.05) is 4.47 Å². The van der Waals surface area contributed by atoms with Crippen LogP contribution in [0.25, 0.3) is 0 Å². The lowest BCUT2D eigenvalue weighted by Gasteiger charge is -2.20. The van der Waals surface area contributed by atoms with Gasteiger partial charge in [0.05, 0.1) is 16.5 Å². The van der Waals surface area contributed by atoms with Crippen LogP contribution in [-0.2, 0) is 10.0 Å². The highest BCUT2D eigenvalue weighted by atomic mass is 79.9. The maximum atomic E-state index is 13.1. The molecule has 1 heterocycles. The average Bonchev–Trinajstić information content (AvgIpc) is 3.17. The van der Waals surface area contributed by atoms with E-state index in [0.717, 1.165) is 32.7 Å². The number of hydrogen-bond acceptors (Lipinski definition) is 3. The predicted octanol–water partition coefficient (Wildman–Crippen LogP) is 6.64. The summed E-state index contributed by atoms with van der Waals surface area (Å²) in [5.41, 5.74) is 3.34. The lowest BCUT2D eigenvalue weighted by Crippen LogP contribution is -2.15. The molecule has 3 aromatic carbocycles. The van der Waals surface area contributed by atoms with Gasteiger partial charge >= 0.3 is 0 Å². The van der Waals surface area contributed by atoms with Gasteiger partial charge in [-0.25, -0.2) is 8.42 Å². The van der Waals surface area contributed by atoms with Gasteiger partial charge in [0.15, 0.2) is 0 Å². The molecular formula is C25H22BrNO3S. The van der Waals surface area contributed by atoms with Crippen molar-refractivity contribution in [2.45, 2.75) is 24.7 Å². The molecule has 0 saturated heterocycles. The van der Waals surface area contributed by atoms with E-state index in [1.54, 1.807) is 30.3 Å². The summed E-state index contributed by atoms with van der Waals surface area (Å²) in [5.74, 6) is 1.29. The molecule has 0 radical (unpaired) electrons. The number of aryl methyl sites for hydroxylation is 2. The minimum absolute atomic E-state index is 0.224. The molecule has 1 N–H and O–H groups in total. The third-order valence-corrected chi connectivity index (χ3v) is 7.01. The second-order valence-electron chi connectivity index (χ2n) is 7.44. The summed E-state index contributed by atoms with van der Waals surface area (Å²) < 4.78 is 35.9. The first kappa shape index (κ1) is 21.4. The summed E-state index contributed by atoms with van der Waals surface area (Å²) in [6.07, 6.45) is 0. The van der Waals surface area contributed by atoms with Gasteiger partial charge in [-0.2, -0.15) is 0 Å². The molecule has 0 amide bonds. The van der Waals surface area contributed by atoms with Crippen LogP contribution < -0.4 is 4.72 Å². The van der Waals surface area contributed by atoms with E-state index in [1.165, 1.54) is 0 Å². The Morgan fingerprint density at radius 3 is 2.16 bits per heavy atom. The molecule has 0 bridgehead atoms. The summed E-state index contributed by atoms with van der Waals surface area (Å²) in [7, 11) is -3.74. The maximum absolute atomic E-state index is 13.1. The molecule has 4 rings (SSSR count). The number of hydrogen-bond donors (Lipinski definition) is 1. The Bertz CT molecular complexity index is 1290. The number of rotatable bonds is 6. The number of furan rings is 1. The molecule has 6 heteroatoms. The molecule has 4 aromatic rings. The molecule has 1 aromatic heterocycles. The third kappa shape index (κ3) is 4.75. The summed E-state index contributed by atoms with van der Waals surface area (Å²) >= 11 is 3.48. The first-order chi connectivity index (χ1) is 14.8. The Kier molecular flexibility index (Phi) is 6.03. The first-order valence-electron chi connectivity index (χ1n) is 9.84. The van der Waals surface area contributed by atoms with Crippen LogP contribution in [0.5, 0.6) is 0 Å². The Morgan fingerprint density at radius 1 is 0.839 bits per heavy atom. The van der Waals surface area contributed by atoms with Crippen molar-refractivity contribution in [3.05, 3.63) is 118 Å². The van der Waals surface area contributed by atoms with E-state index in [0.29, 0.717) is 5.69 Å². The van der Waals surface area contributed by atoms with Crippen LogP contribution in [0.15, 0.2) is 98.7 Å². The van der Waals surface area contributed by atoms with Gasteiger partial charge in [-0.3, -0.25) is 4.72 Å². The van der Waals surface area contributed by atoms with Gasteiger partial charge in [-0.15, -0.1) is 0 Å². The lowest BCUT2D eigenvalue weighted by atomic mass is 9.88. The zero-order valence-electron chi connectivity index (χ0n) is 17.2. The van der Waals surface area contributed by atoms with Crippen LogP contribution in [0.2, 0.25) is 0 Å². The number of anilines is 1. The molecular weight excluding hydrogens is 474 g/mol. The molecule has 0 aliphatic heterocycles. The van der Waals surface area contributed by atoms with Crippen molar-refractivity contribution in [2.24, 2.45) is 0 Å². The van der Waals surface area contributed by atoms with E-state index in [2.05, 4.69) is 20.7 Å². The first-order valence-corrected chi connectivity index (χ1v) is 12.1. The van der Waals surface area contributed by atoms with Crippen LogP contribution in [-0.4, -0.2) is 8.42 Å². The van der Waals surface area contributed by atoms with E-state index in [-0.39, 0.29) is 10.8 Å². The molecule has 4 nitrogen and oxygen atoms in total. The molecule has 1 atom stereocenters. The van der Waals surface area contributed by atoms with E-state index < -0.39 is 10.0 Å². The molecule has 0 aliphatic carbocycles. The van der Waals surface area contributed by atoms with Gasteiger partial charge < -0.3 is 4.42 Å². The molecule has 158 valence electrons. The molecule has 0 saturated carbocycles. The Morgan fingerprint density at radius 2 is 1.52 bits per heavy atom. The Balaban J connectivity index is 1.80. The van der Waals surface area contributed by atoms with Crippen LogP contribution >= 0.6 is 15.9 Å². The van der Waals surface area contributed by atoms with Crippen LogP contribution in [0, 0.1) is 13.8 Å². The fourth-order valence-corrected chi connectivity index (χ4v) is 4.88. The molecule has 1 unspecified atom stereocenters. The highest BCUT2D eigenvalue weighted by Crippen LogP contribution is 2.38. The van der Waals surface area contributed by atoms with Gasteiger partial charge in [0.25, 0.3) is 10.0 Å². The fraction of sp³-hybridized carbons (Fsp3) is 0.120. The summed E-state index contributed by atoms with van der Waals surface area (Å²) in [6.45, 7) is 3.82. The number of para-hydroxylation sites is 1. The Labute approximate surface area is 191 Å². The second-order valence-corrected chi connectivity index (χ2v) is 10.0. The van der Waals surface area contributed by atoms with Crippen molar-refractivity contribution in [2.75, 3.05) is 4.72 Å². The number of sulfonamides is 1. The van der Waals surface area contributed by atoms with Crippen LogP contribution in [0.3, 0.4) is 0 Å². The topological polar surface area (TPSA) is 59.3 Å².